The Kier molecular flexibility index (Phi) is 1030. The van der Waals surface area contributed by atoms with Crippen molar-refractivity contribution in [2.24, 2.45) is 0 Å². The quantitative estimate of drug-likeness (QED) is 0.677. The van der Waals surface area contributed by atoms with Gasteiger partial charge in [0.15, 0.2) is 0 Å². The van der Waals surface area contributed by atoms with Gasteiger partial charge in [-0.2, -0.15) is 0 Å². The molecule has 1 nitrogen and oxygen atoms in total. The van der Waals surface area contributed by atoms with Gasteiger partial charge < -0.3 is 6.15 Å². The number of hydrogen-bond acceptors (Lipinski definition) is 1. The van der Waals surface area contributed by atoms with Crippen LogP contribution in [0.4, 0.5) is 4.70 Å². The van der Waals surface area contributed by atoms with Gasteiger partial charge in [-0.15, -0.1) is 53.4 Å². The number of rotatable bonds is 0. The van der Waals surface area contributed by atoms with Crippen molar-refractivity contribution in [1.82, 2.24) is 6.15 Å². The lowest BCUT2D eigenvalue weighted by atomic mass is 14.0. The minimum absolute atomic E-state index is 0. The van der Waals surface area contributed by atoms with Crippen LogP contribution in [0, 0.1) is 0 Å². The van der Waals surface area contributed by atoms with Gasteiger partial charge in [0.1, 0.15) is 0 Å². The molecule has 3 N–H and O–H groups in total. The van der Waals surface area contributed by atoms with Gasteiger partial charge in [-0.1, -0.05) is 0 Å². The van der Waals surface area contributed by atoms with Crippen molar-refractivity contribution in [2.75, 3.05) is 0 Å². The summed E-state index contributed by atoms with van der Waals surface area (Å²) < 4.78 is 0. The molecule has 0 aromatic rings. The topological polar surface area (TPSA) is 35.0 Å². The summed E-state index contributed by atoms with van der Waals surface area (Å²) in [6, 6.07) is 0. The van der Waals surface area contributed by atoms with Crippen LogP contribution < -0.4 is 6.15 Å². The molecular formula is H7BrClFIN. The molecule has 0 aromatic heterocycles. The van der Waals surface area contributed by atoms with E-state index in [1.165, 1.54) is 0 Å². The molecule has 0 saturated heterocycles. The molecule has 0 atom stereocenters. The molecule has 5 heavy (non-hydrogen) atoms. The average Bonchev–Trinajstić information content (AvgIpc) is 0. The maximum absolute atomic E-state index is 0. The van der Waals surface area contributed by atoms with Crippen molar-refractivity contribution < 1.29 is 4.70 Å². The molecule has 0 aliphatic carbocycles. The van der Waals surface area contributed by atoms with Crippen molar-refractivity contribution in [1.29, 1.82) is 0 Å². The smallest absolute Gasteiger partial charge is 0.107 e. The highest BCUT2D eigenvalue weighted by atomic mass is 127. The highest BCUT2D eigenvalue weighted by Gasteiger charge is -0.107. The normalized spacial score (nSPS) is 0. The predicted molar refractivity (Wildman–Crippen MR) is 40.5 cm³/mol. The van der Waals surface area contributed by atoms with Crippen LogP contribution in [-0.2, 0) is 0 Å². The highest BCUT2D eigenvalue weighted by molar-refractivity contribution is 14.0. The van der Waals surface area contributed by atoms with Crippen LogP contribution in [0.25, 0.3) is 0 Å². The molecule has 0 spiro atoms. The van der Waals surface area contributed by atoms with E-state index in [0.717, 1.165) is 0 Å². The van der Waals surface area contributed by atoms with E-state index in [1.807, 2.05) is 0 Å². The highest BCUT2D eigenvalue weighted by Crippen LogP contribution is 0.886. The molecule has 0 amide bonds. The molecule has 0 saturated carbocycles. The first-order valence-corrected chi connectivity index (χ1v) is 0. The zero-order valence-corrected chi connectivity index (χ0v) is 7.20. The van der Waals surface area contributed by atoms with Crippen molar-refractivity contribution in [3.05, 3.63) is 0 Å². The summed E-state index contributed by atoms with van der Waals surface area (Å²) in [5.74, 6) is 0. The van der Waals surface area contributed by atoms with E-state index in [9.17, 15) is 0 Å². The minimum atomic E-state index is 0. The van der Waals surface area contributed by atoms with Crippen molar-refractivity contribution in [2.45, 2.75) is 0 Å². The van der Waals surface area contributed by atoms with E-state index in [-0.39, 0.29) is 64.2 Å². The van der Waals surface area contributed by atoms with Gasteiger partial charge in [-0.3, -0.25) is 4.70 Å². The largest absolute Gasteiger partial charge is 0.344 e. The summed E-state index contributed by atoms with van der Waals surface area (Å²) in [7, 11) is 0. The molecule has 0 aliphatic heterocycles. The third-order valence-electron chi connectivity index (χ3n) is 0. The van der Waals surface area contributed by atoms with E-state index in [0.29, 0.717) is 0 Å². The van der Waals surface area contributed by atoms with Gasteiger partial charge in [0.25, 0.3) is 0 Å². The van der Waals surface area contributed by atoms with E-state index in [1.54, 1.807) is 0 Å². The lowest BCUT2D eigenvalue weighted by molar-refractivity contribution is 1.11. The fourth-order valence-electron chi connectivity index (χ4n) is 0. The molecule has 0 heterocycles. The van der Waals surface area contributed by atoms with Crippen LogP contribution in [0.3, 0.4) is 0 Å². The second-order valence-corrected chi connectivity index (χ2v) is 0. The third kappa shape index (κ3) is 32.1. The van der Waals surface area contributed by atoms with Gasteiger partial charge in [0, 0.05) is 0 Å². The average molecular weight is 282 g/mol. The standard InChI is InChI=1S/BrH.ClH.FH.HI.H3N/h4*1H;1H3. The first-order chi connectivity index (χ1) is 0. The number of halogens is 4. The first kappa shape index (κ1) is 96.1. The van der Waals surface area contributed by atoms with E-state index in [4.69, 9.17) is 0 Å². The van der Waals surface area contributed by atoms with Crippen molar-refractivity contribution in [3.8, 4) is 0 Å². The lowest BCUT2D eigenvalue weighted by Crippen LogP contribution is -0.481. The van der Waals surface area contributed by atoms with Gasteiger partial charge >= 0.3 is 0 Å². The summed E-state index contributed by atoms with van der Waals surface area (Å²) in [5, 5.41) is 0. The monoisotopic (exact) mass is 281 g/mol. The molecule has 0 fully saturated rings. The minimum Gasteiger partial charge on any atom is -0.344 e. The fourth-order valence-corrected chi connectivity index (χ4v) is 0. The summed E-state index contributed by atoms with van der Waals surface area (Å²) in [5.41, 5.74) is 0. The Morgan fingerprint density at radius 3 is 1.00 bits per heavy atom. The summed E-state index contributed by atoms with van der Waals surface area (Å²) >= 11 is 0. The second kappa shape index (κ2) is 53.8. The van der Waals surface area contributed by atoms with Gasteiger partial charge in [0.2, 0.25) is 0 Å². The fraction of sp³-hybridized carbons (Fsp3) is 0. The van der Waals surface area contributed by atoms with Crippen LogP contribution in [0.2, 0.25) is 0 Å². The molecular weight excluding hydrogens is 275 g/mol. The molecule has 0 aromatic carbocycles. The van der Waals surface area contributed by atoms with Gasteiger partial charge in [-0.05, 0) is 0 Å². The first-order valence-electron chi connectivity index (χ1n) is 0. The summed E-state index contributed by atoms with van der Waals surface area (Å²) in [6.07, 6.45) is 0. The second-order valence-electron chi connectivity index (χ2n) is 0. The van der Waals surface area contributed by atoms with Crippen LogP contribution in [-0.4, -0.2) is 0 Å². The van der Waals surface area contributed by atoms with E-state index >= 15 is 0 Å². The predicted octanol–water partition coefficient (Wildman–Crippen LogP) is 1.93. The summed E-state index contributed by atoms with van der Waals surface area (Å²) in [6.45, 7) is 0. The zero-order valence-electron chi connectivity index (χ0n) is 2.34. The molecule has 0 radical (unpaired) electrons. The Balaban J connectivity index is 0. The van der Waals surface area contributed by atoms with Crippen LogP contribution in [0.5, 0.6) is 0 Å². The zero-order chi connectivity index (χ0) is 0. The SMILES string of the molecule is Br.Cl.F.I.N. The van der Waals surface area contributed by atoms with Crippen LogP contribution in [0.15, 0.2) is 0 Å². The Morgan fingerprint density at radius 1 is 1.00 bits per heavy atom. The molecule has 0 unspecified atom stereocenters. The molecule has 5 heteroatoms. The van der Waals surface area contributed by atoms with Crippen molar-refractivity contribution >= 4 is 53.4 Å². The summed E-state index contributed by atoms with van der Waals surface area (Å²) in [4.78, 5) is 0. The molecule has 0 rings (SSSR count). The maximum Gasteiger partial charge on any atom is -0.107 e. The maximum atomic E-state index is 0. The Bertz CT molecular complexity index is 11.6. The molecule has 40 valence electrons. The van der Waals surface area contributed by atoms with E-state index in [2.05, 4.69) is 0 Å². The van der Waals surface area contributed by atoms with E-state index < -0.39 is 0 Å². The third-order valence-corrected chi connectivity index (χ3v) is 0. The molecule has 0 bridgehead atoms. The number of hydrogen-bond donors (Lipinski definition) is 1. The van der Waals surface area contributed by atoms with Gasteiger partial charge in [-0.25, -0.2) is 0 Å². The van der Waals surface area contributed by atoms with Crippen molar-refractivity contribution in [3.63, 3.8) is 0 Å². The van der Waals surface area contributed by atoms with Crippen LogP contribution >= 0.6 is 53.4 Å². The Hall–Kier alpha value is 1.39. The molecule has 0 aliphatic rings. The lowest BCUT2D eigenvalue weighted by Gasteiger charge is -0.344. The Labute approximate surface area is 64.0 Å². The Morgan fingerprint density at radius 2 is 1.00 bits per heavy atom. The van der Waals surface area contributed by atoms with Crippen LogP contribution in [0.1, 0.15) is 0 Å². The van der Waals surface area contributed by atoms with Gasteiger partial charge in [0.05, 0.1) is 0 Å².